The van der Waals surface area contributed by atoms with Crippen molar-refractivity contribution in [1.29, 1.82) is 0 Å². The van der Waals surface area contributed by atoms with Crippen molar-refractivity contribution in [3.05, 3.63) is 93.5 Å². The molecule has 2 unspecified atom stereocenters. The molecule has 0 saturated carbocycles. The smallest absolute Gasteiger partial charge is 0.301 e. The average molecular weight is 706 g/mol. The molecular formula is C36H36ClN3O6S2. The quantitative estimate of drug-likeness (QED) is 0.0512. The van der Waals surface area contributed by atoms with Gasteiger partial charge in [0, 0.05) is 22.8 Å². The molecule has 6 rings (SSSR count). The molecule has 9 nitrogen and oxygen atoms in total. The van der Waals surface area contributed by atoms with E-state index in [9.17, 15) is 14.7 Å². The number of anilines is 1. The molecule has 250 valence electrons. The number of aliphatic hydroxyl groups excluding tert-OH is 1. The van der Waals surface area contributed by atoms with Crippen LogP contribution < -0.4 is 19.1 Å². The number of halogens is 1. The first-order valence-corrected chi connectivity index (χ1v) is 18.0. The second-order valence-electron chi connectivity index (χ2n) is 12.1. The van der Waals surface area contributed by atoms with E-state index in [1.54, 1.807) is 30.3 Å². The Morgan fingerprint density at radius 1 is 1.08 bits per heavy atom. The van der Waals surface area contributed by atoms with Crippen molar-refractivity contribution >= 4 is 57.3 Å². The molecule has 0 bridgehead atoms. The van der Waals surface area contributed by atoms with Gasteiger partial charge in [-0.05, 0) is 85.3 Å². The molecular weight excluding hydrogens is 670 g/mol. The van der Waals surface area contributed by atoms with Crippen LogP contribution in [0, 0.1) is 5.92 Å². The molecule has 1 aromatic heterocycles. The van der Waals surface area contributed by atoms with Gasteiger partial charge in [0.05, 0.1) is 24.8 Å². The number of ketones is 1. The van der Waals surface area contributed by atoms with Crippen molar-refractivity contribution in [2.75, 3.05) is 18.1 Å². The zero-order valence-electron chi connectivity index (χ0n) is 27.1. The second-order valence-corrected chi connectivity index (χ2v) is 14.7. The Bertz CT molecular complexity index is 1860. The Labute approximate surface area is 292 Å². The molecule has 12 heteroatoms. The number of hydrogen-bond acceptors (Lipinski definition) is 10. The summed E-state index contributed by atoms with van der Waals surface area (Å²) in [7, 11) is 0. The van der Waals surface area contributed by atoms with Gasteiger partial charge in [0.15, 0.2) is 15.8 Å². The first kappa shape index (κ1) is 33.8. The summed E-state index contributed by atoms with van der Waals surface area (Å²) in [6, 6.07) is 17.2. The summed E-state index contributed by atoms with van der Waals surface area (Å²) in [5, 5.41) is 21.3. The van der Waals surface area contributed by atoms with E-state index in [-0.39, 0.29) is 22.6 Å². The molecule has 2 aliphatic rings. The van der Waals surface area contributed by atoms with Crippen LogP contribution in [0.5, 0.6) is 17.2 Å². The monoisotopic (exact) mass is 705 g/mol. The average Bonchev–Trinajstić information content (AvgIpc) is 3.75. The molecule has 0 radical (unpaired) electrons. The molecule has 3 aromatic carbocycles. The van der Waals surface area contributed by atoms with Crippen molar-refractivity contribution in [2.45, 2.75) is 62.8 Å². The topological polar surface area (TPSA) is 111 Å². The van der Waals surface area contributed by atoms with Crippen molar-refractivity contribution in [2.24, 2.45) is 5.92 Å². The highest BCUT2D eigenvalue weighted by Gasteiger charge is 2.48. The van der Waals surface area contributed by atoms with Gasteiger partial charge in [0.25, 0.3) is 5.78 Å². The molecule has 0 spiro atoms. The minimum Gasteiger partial charge on any atom is -0.507 e. The van der Waals surface area contributed by atoms with Gasteiger partial charge in [-0.25, -0.2) is 0 Å². The highest BCUT2D eigenvalue weighted by Crippen LogP contribution is 2.46. The number of ether oxygens (including phenoxy) is 3. The first-order valence-electron chi connectivity index (χ1n) is 15.8. The maximum atomic E-state index is 13.9. The lowest BCUT2D eigenvalue weighted by atomic mass is 9.94. The summed E-state index contributed by atoms with van der Waals surface area (Å²) in [5.74, 6) is 0.957. The van der Waals surface area contributed by atoms with E-state index >= 15 is 0 Å². The highest BCUT2D eigenvalue weighted by atomic mass is 35.5. The van der Waals surface area contributed by atoms with Gasteiger partial charge in [0.2, 0.25) is 5.13 Å². The van der Waals surface area contributed by atoms with E-state index in [0.29, 0.717) is 63.3 Å². The van der Waals surface area contributed by atoms with Crippen LogP contribution in [0.3, 0.4) is 0 Å². The summed E-state index contributed by atoms with van der Waals surface area (Å²) in [6.45, 7) is 8.99. The van der Waals surface area contributed by atoms with Crippen LogP contribution in [0.4, 0.5) is 5.13 Å². The van der Waals surface area contributed by atoms with Crippen LogP contribution in [0.15, 0.2) is 70.6 Å². The zero-order valence-corrected chi connectivity index (χ0v) is 29.5. The Hall–Kier alpha value is -4.06. The fourth-order valence-corrected chi connectivity index (χ4v) is 7.59. The van der Waals surface area contributed by atoms with E-state index in [2.05, 4.69) is 24.0 Å². The fraction of sp³-hybridized carbons (Fsp3) is 0.333. The Balaban J connectivity index is 1.40. The van der Waals surface area contributed by atoms with Crippen LogP contribution in [0.25, 0.3) is 5.76 Å². The Morgan fingerprint density at radius 3 is 2.62 bits per heavy atom. The van der Waals surface area contributed by atoms with E-state index in [4.69, 9.17) is 25.8 Å². The third-order valence-electron chi connectivity index (χ3n) is 8.03. The molecule has 1 fully saturated rings. The van der Waals surface area contributed by atoms with E-state index < -0.39 is 17.7 Å². The molecule has 2 aliphatic heterocycles. The molecule has 0 aliphatic carbocycles. The molecule has 1 N–H and O–H groups in total. The molecule has 48 heavy (non-hydrogen) atoms. The van der Waals surface area contributed by atoms with Crippen LogP contribution in [-0.4, -0.2) is 46.3 Å². The number of rotatable bonds is 12. The first-order chi connectivity index (χ1) is 23.1. The molecule has 4 aromatic rings. The number of amides is 1. The Kier molecular flexibility index (Phi) is 10.3. The lowest BCUT2D eigenvalue weighted by Gasteiger charge is -2.24. The number of carbonyl (C=O) groups excluding carboxylic acids is 2. The van der Waals surface area contributed by atoms with Crippen molar-refractivity contribution in [1.82, 2.24) is 10.2 Å². The summed E-state index contributed by atoms with van der Waals surface area (Å²) in [4.78, 5) is 29.0. The van der Waals surface area contributed by atoms with Gasteiger partial charge in [-0.2, -0.15) is 0 Å². The molecule has 1 saturated heterocycles. The van der Waals surface area contributed by atoms with E-state index in [0.717, 1.165) is 23.3 Å². The fourth-order valence-electron chi connectivity index (χ4n) is 5.64. The minimum atomic E-state index is -1.00. The normalized spacial score (nSPS) is 18.3. The number of carbonyl (C=O) groups is 2. The third kappa shape index (κ3) is 7.18. The van der Waals surface area contributed by atoms with Gasteiger partial charge in [0.1, 0.15) is 17.6 Å². The number of aliphatic hydroxyl groups is 1. The number of nitrogens with zero attached hydrogens (tertiary/aromatic N) is 3. The summed E-state index contributed by atoms with van der Waals surface area (Å²) in [5.41, 5.74) is 2.90. The standard InChI is InChI=1S/C36H36ClN3O6S2/c1-5-44-29-18-23(8-13-28(29)45-15-14-20(2)3)31-30(32(41)24-9-12-27-25(17-24)16-21(4)46-27)33(42)34(43)40(31)35-38-39-36(48-35)47-19-22-6-10-26(37)11-7-22/h6-13,17-18,20-21,31,41H,5,14-16,19H2,1-4H3. The Morgan fingerprint density at radius 2 is 1.88 bits per heavy atom. The van der Waals surface area contributed by atoms with Crippen molar-refractivity contribution in [3.8, 4) is 17.2 Å². The van der Waals surface area contributed by atoms with Gasteiger partial charge < -0.3 is 19.3 Å². The van der Waals surface area contributed by atoms with Crippen LogP contribution in [-0.2, 0) is 21.8 Å². The highest BCUT2D eigenvalue weighted by molar-refractivity contribution is 8.00. The zero-order chi connectivity index (χ0) is 33.9. The predicted octanol–water partition coefficient (Wildman–Crippen LogP) is 8.26. The number of benzene rings is 3. The van der Waals surface area contributed by atoms with Crippen LogP contribution >= 0.6 is 34.7 Å². The summed E-state index contributed by atoms with van der Waals surface area (Å²) in [6.07, 6.45) is 1.55. The van der Waals surface area contributed by atoms with Gasteiger partial charge >= 0.3 is 5.91 Å². The predicted molar refractivity (Wildman–Crippen MR) is 189 cm³/mol. The van der Waals surface area contributed by atoms with Crippen LogP contribution in [0.2, 0.25) is 5.02 Å². The number of thioether (sulfide) groups is 1. The maximum Gasteiger partial charge on any atom is 0.301 e. The van der Waals surface area contributed by atoms with Crippen LogP contribution in [0.1, 0.15) is 62.4 Å². The maximum absolute atomic E-state index is 13.9. The van der Waals surface area contributed by atoms with Crippen molar-refractivity contribution in [3.63, 3.8) is 0 Å². The number of fused-ring (bicyclic) bond motifs is 1. The molecule has 3 heterocycles. The van der Waals surface area contributed by atoms with E-state index in [1.165, 1.54) is 28.0 Å². The summed E-state index contributed by atoms with van der Waals surface area (Å²) >= 11 is 8.70. The van der Waals surface area contributed by atoms with Gasteiger partial charge in [-0.15, -0.1) is 10.2 Å². The molecule has 2 atom stereocenters. The lowest BCUT2D eigenvalue weighted by Crippen LogP contribution is -2.29. The van der Waals surface area contributed by atoms with E-state index in [1.807, 2.05) is 44.2 Å². The third-order valence-corrected chi connectivity index (χ3v) is 10.4. The molecule has 1 amide bonds. The minimum absolute atomic E-state index is 0.00500. The second kappa shape index (κ2) is 14.6. The number of Topliss-reactive ketones (excluding diaryl/α,β-unsaturated/α-hetero) is 1. The lowest BCUT2D eigenvalue weighted by molar-refractivity contribution is -0.132. The number of aromatic nitrogens is 2. The summed E-state index contributed by atoms with van der Waals surface area (Å²) < 4.78 is 18.5. The van der Waals surface area contributed by atoms with Gasteiger partial charge in [-0.1, -0.05) is 66.7 Å². The largest absolute Gasteiger partial charge is 0.507 e. The SMILES string of the molecule is CCOc1cc(C2C(=C(O)c3ccc4c(c3)CC(C)O4)C(=O)C(=O)N2c2nnc(SCc3ccc(Cl)cc3)s2)ccc1OCCC(C)C. The van der Waals surface area contributed by atoms with Gasteiger partial charge in [-0.3, -0.25) is 14.5 Å². The van der Waals surface area contributed by atoms with Crippen molar-refractivity contribution < 1.29 is 28.9 Å². The number of hydrogen-bond donors (Lipinski definition) is 1.